The summed E-state index contributed by atoms with van der Waals surface area (Å²) in [5.41, 5.74) is 5.68. The summed E-state index contributed by atoms with van der Waals surface area (Å²) in [5, 5.41) is 8.58. The molecule has 1 aromatic rings. The van der Waals surface area contributed by atoms with Crippen LogP contribution in [0.25, 0.3) is 0 Å². The molecule has 2 aliphatic carbocycles. The summed E-state index contributed by atoms with van der Waals surface area (Å²) in [5.74, 6) is 4.63. The van der Waals surface area contributed by atoms with E-state index < -0.39 is 0 Å². The smallest absolute Gasteiger partial charge is 0.146 e. The maximum absolute atomic E-state index is 5.68. The molecule has 3 rings (SSSR count). The zero-order valence-electron chi connectivity index (χ0n) is 11.3. The fourth-order valence-corrected chi connectivity index (χ4v) is 4.02. The van der Waals surface area contributed by atoms with Gasteiger partial charge in [0.25, 0.3) is 0 Å². The predicted molar refractivity (Wildman–Crippen MR) is 70.9 cm³/mol. The number of fused-ring (bicyclic) bond motifs is 1. The first kappa shape index (κ1) is 12.2. The maximum Gasteiger partial charge on any atom is 0.146 e. The molecule has 3 atom stereocenters. The molecular weight excluding hydrogens is 224 g/mol. The molecule has 18 heavy (non-hydrogen) atoms. The first-order valence-corrected chi connectivity index (χ1v) is 7.37. The van der Waals surface area contributed by atoms with E-state index in [1.807, 2.05) is 0 Å². The van der Waals surface area contributed by atoms with E-state index in [1.165, 1.54) is 50.8 Å². The van der Waals surface area contributed by atoms with Crippen molar-refractivity contribution in [2.24, 2.45) is 24.6 Å². The Balaban J connectivity index is 1.75. The molecule has 1 aromatic heterocycles. The average molecular weight is 248 g/mol. The van der Waals surface area contributed by atoms with E-state index in [2.05, 4.69) is 21.8 Å². The Morgan fingerprint density at radius 3 is 2.61 bits per heavy atom. The van der Waals surface area contributed by atoms with Gasteiger partial charge in [-0.05, 0) is 31.1 Å². The summed E-state index contributed by atoms with van der Waals surface area (Å²) < 4.78 is 2.12. The highest BCUT2D eigenvalue weighted by atomic mass is 15.3. The average Bonchev–Trinajstić information content (AvgIpc) is 2.79. The van der Waals surface area contributed by atoms with Crippen LogP contribution < -0.4 is 5.73 Å². The van der Waals surface area contributed by atoms with Crippen LogP contribution in [0, 0.1) is 11.8 Å². The molecule has 3 unspecified atom stereocenters. The van der Waals surface area contributed by atoms with Gasteiger partial charge >= 0.3 is 0 Å². The summed E-state index contributed by atoms with van der Waals surface area (Å²) in [6.07, 6.45) is 9.78. The van der Waals surface area contributed by atoms with Gasteiger partial charge in [-0.25, -0.2) is 0 Å². The lowest BCUT2D eigenvalue weighted by atomic mass is 9.67. The van der Waals surface area contributed by atoms with Crippen molar-refractivity contribution in [3.8, 4) is 0 Å². The second kappa shape index (κ2) is 5.00. The van der Waals surface area contributed by atoms with Crippen LogP contribution in [0.2, 0.25) is 0 Å². The van der Waals surface area contributed by atoms with Gasteiger partial charge in [0.15, 0.2) is 0 Å². The van der Waals surface area contributed by atoms with Gasteiger partial charge in [0, 0.05) is 13.0 Å². The van der Waals surface area contributed by atoms with Crippen LogP contribution in [0.3, 0.4) is 0 Å². The lowest BCUT2D eigenvalue weighted by Gasteiger charge is -2.38. The molecule has 4 nitrogen and oxygen atoms in total. The lowest BCUT2D eigenvalue weighted by molar-refractivity contribution is 0.152. The SMILES string of the molecule is Cn1c(CN)nnc1C1CCC2CCCCC2C1. The molecule has 2 saturated carbocycles. The molecule has 0 bridgehead atoms. The highest BCUT2D eigenvalue weighted by Crippen LogP contribution is 2.45. The maximum atomic E-state index is 5.68. The summed E-state index contributed by atoms with van der Waals surface area (Å²) in [6.45, 7) is 0.488. The van der Waals surface area contributed by atoms with Crippen LogP contribution in [-0.2, 0) is 13.6 Å². The molecule has 0 aromatic carbocycles. The van der Waals surface area contributed by atoms with Gasteiger partial charge in [0.2, 0.25) is 0 Å². The third kappa shape index (κ3) is 2.07. The second-order valence-electron chi connectivity index (χ2n) is 6.05. The number of nitrogens with two attached hydrogens (primary N) is 1. The number of hydrogen-bond donors (Lipinski definition) is 1. The van der Waals surface area contributed by atoms with Crippen molar-refractivity contribution >= 4 is 0 Å². The summed E-state index contributed by atoms with van der Waals surface area (Å²) in [4.78, 5) is 0. The fraction of sp³-hybridized carbons (Fsp3) is 0.857. The van der Waals surface area contributed by atoms with Gasteiger partial charge in [-0.15, -0.1) is 10.2 Å². The van der Waals surface area contributed by atoms with Crippen LogP contribution in [0.15, 0.2) is 0 Å². The van der Waals surface area contributed by atoms with Crippen molar-refractivity contribution < 1.29 is 0 Å². The van der Waals surface area contributed by atoms with E-state index in [4.69, 9.17) is 5.73 Å². The minimum atomic E-state index is 0.488. The monoisotopic (exact) mass is 248 g/mol. The molecule has 0 radical (unpaired) electrons. The van der Waals surface area contributed by atoms with Crippen molar-refractivity contribution in [2.45, 2.75) is 57.4 Å². The largest absolute Gasteiger partial charge is 0.324 e. The van der Waals surface area contributed by atoms with E-state index in [-0.39, 0.29) is 0 Å². The van der Waals surface area contributed by atoms with Gasteiger partial charge in [-0.2, -0.15) is 0 Å². The number of hydrogen-bond acceptors (Lipinski definition) is 3. The van der Waals surface area contributed by atoms with E-state index in [0.29, 0.717) is 12.5 Å². The van der Waals surface area contributed by atoms with E-state index in [0.717, 1.165) is 17.7 Å². The third-order valence-corrected chi connectivity index (χ3v) is 5.09. The molecule has 2 fully saturated rings. The summed E-state index contributed by atoms with van der Waals surface area (Å²) in [7, 11) is 2.06. The first-order chi connectivity index (χ1) is 8.79. The third-order valence-electron chi connectivity index (χ3n) is 5.09. The molecular formula is C14H24N4. The Hall–Kier alpha value is -0.900. The van der Waals surface area contributed by atoms with Gasteiger partial charge < -0.3 is 10.3 Å². The topological polar surface area (TPSA) is 56.7 Å². The Morgan fingerprint density at radius 2 is 1.89 bits per heavy atom. The second-order valence-corrected chi connectivity index (χ2v) is 6.05. The molecule has 2 aliphatic rings. The summed E-state index contributed by atoms with van der Waals surface area (Å²) in [6, 6.07) is 0. The van der Waals surface area contributed by atoms with Crippen LogP contribution in [-0.4, -0.2) is 14.8 Å². The Bertz CT molecular complexity index is 412. The molecule has 4 heteroatoms. The van der Waals surface area contributed by atoms with E-state index in [9.17, 15) is 0 Å². The minimum Gasteiger partial charge on any atom is -0.324 e. The number of nitrogens with zero attached hydrogens (tertiary/aromatic N) is 3. The van der Waals surface area contributed by atoms with Gasteiger partial charge in [0.05, 0.1) is 6.54 Å². The Morgan fingerprint density at radius 1 is 1.11 bits per heavy atom. The standard InChI is InChI=1S/C14H24N4/c1-18-13(9-15)16-17-14(18)12-7-6-10-4-2-3-5-11(10)8-12/h10-12H,2-9,15H2,1H3. The fourth-order valence-electron chi connectivity index (χ4n) is 4.02. The van der Waals surface area contributed by atoms with Crippen molar-refractivity contribution in [2.75, 3.05) is 0 Å². The van der Waals surface area contributed by atoms with Gasteiger partial charge in [-0.1, -0.05) is 25.7 Å². The van der Waals surface area contributed by atoms with Crippen LogP contribution >= 0.6 is 0 Å². The molecule has 0 aliphatic heterocycles. The minimum absolute atomic E-state index is 0.488. The highest BCUT2D eigenvalue weighted by molar-refractivity contribution is 5.04. The Kier molecular flexibility index (Phi) is 3.37. The quantitative estimate of drug-likeness (QED) is 0.874. The number of aromatic nitrogens is 3. The molecule has 0 amide bonds. The first-order valence-electron chi connectivity index (χ1n) is 7.37. The summed E-state index contributed by atoms with van der Waals surface area (Å²) >= 11 is 0. The normalized spacial score (nSPS) is 32.2. The Labute approximate surface area is 109 Å². The van der Waals surface area contributed by atoms with Crippen molar-refractivity contribution in [3.63, 3.8) is 0 Å². The van der Waals surface area contributed by atoms with Crippen molar-refractivity contribution in [1.29, 1.82) is 0 Å². The molecule has 0 saturated heterocycles. The molecule has 2 N–H and O–H groups in total. The predicted octanol–water partition coefficient (Wildman–Crippen LogP) is 2.35. The number of rotatable bonds is 2. The van der Waals surface area contributed by atoms with Gasteiger partial charge in [0.1, 0.15) is 11.6 Å². The molecule has 100 valence electrons. The zero-order valence-corrected chi connectivity index (χ0v) is 11.3. The molecule has 1 heterocycles. The lowest BCUT2D eigenvalue weighted by Crippen LogP contribution is -2.28. The zero-order chi connectivity index (χ0) is 12.5. The van der Waals surface area contributed by atoms with E-state index >= 15 is 0 Å². The van der Waals surface area contributed by atoms with Crippen LogP contribution in [0.1, 0.15) is 62.5 Å². The van der Waals surface area contributed by atoms with Gasteiger partial charge in [-0.3, -0.25) is 0 Å². The van der Waals surface area contributed by atoms with E-state index in [1.54, 1.807) is 0 Å². The molecule has 0 spiro atoms. The van der Waals surface area contributed by atoms with Crippen LogP contribution in [0.5, 0.6) is 0 Å². The highest BCUT2D eigenvalue weighted by Gasteiger charge is 2.34. The van der Waals surface area contributed by atoms with Crippen LogP contribution in [0.4, 0.5) is 0 Å². The van der Waals surface area contributed by atoms with Crippen molar-refractivity contribution in [1.82, 2.24) is 14.8 Å². The van der Waals surface area contributed by atoms with Crippen molar-refractivity contribution in [3.05, 3.63) is 11.6 Å².